The van der Waals surface area contributed by atoms with Crippen LogP contribution in [0, 0.1) is 5.92 Å². The first-order chi connectivity index (χ1) is 19.8. The molecule has 6 rings (SSSR count). The second kappa shape index (κ2) is 11.3. The molecule has 0 amide bonds. The average molecular weight is 562 g/mol. The van der Waals surface area contributed by atoms with Gasteiger partial charge in [-0.15, -0.1) is 0 Å². The number of halogens is 3. The van der Waals surface area contributed by atoms with Crippen molar-refractivity contribution in [1.82, 2.24) is 15.1 Å². The zero-order valence-corrected chi connectivity index (χ0v) is 22.6. The van der Waals surface area contributed by atoms with Gasteiger partial charge in [-0.1, -0.05) is 48.5 Å². The van der Waals surface area contributed by atoms with Crippen molar-refractivity contribution in [1.29, 1.82) is 0 Å². The summed E-state index contributed by atoms with van der Waals surface area (Å²) in [5, 5.41) is 22.0. The highest BCUT2D eigenvalue weighted by Crippen LogP contribution is 2.43. The highest BCUT2D eigenvalue weighted by Gasteiger charge is 2.36. The summed E-state index contributed by atoms with van der Waals surface area (Å²) in [5.41, 5.74) is 9.79. The van der Waals surface area contributed by atoms with Gasteiger partial charge in [0.15, 0.2) is 11.9 Å². The van der Waals surface area contributed by atoms with Crippen LogP contribution in [0.4, 0.5) is 18.9 Å². The third-order valence-electron chi connectivity index (χ3n) is 7.80. The molecule has 2 fully saturated rings. The van der Waals surface area contributed by atoms with Crippen molar-refractivity contribution >= 4 is 5.69 Å². The first kappa shape index (κ1) is 27.5. The lowest BCUT2D eigenvalue weighted by molar-refractivity contribution is -0.141. The molecule has 5 N–H and O–H groups in total. The molecule has 0 spiro atoms. The predicted molar refractivity (Wildman–Crippen MR) is 152 cm³/mol. The Labute approximate surface area is 237 Å². The number of aliphatic hydroxyl groups is 1. The first-order valence-electron chi connectivity index (χ1n) is 14.1. The molecule has 2 saturated carbocycles. The molecule has 2 aliphatic carbocycles. The van der Waals surface area contributed by atoms with E-state index in [4.69, 9.17) is 5.73 Å². The van der Waals surface area contributed by atoms with Gasteiger partial charge in [-0.25, -0.2) is 4.68 Å². The third-order valence-corrected chi connectivity index (χ3v) is 7.80. The molecule has 1 heterocycles. The molecule has 0 radical (unpaired) electrons. The van der Waals surface area contributed by atoms with E-state index in [9.17, 15) is 18.3 Å². The van der Waals surface area contributed by atoms with Crippen molar-refractivity contribution < 1.29 is 18.3 Å². The van der Waals surface area contributed by atoms with Crippen molar-refractivity contribution in [2.75, 3.05) is 11.9 Å². The number of anilines is 1. The van der Waals surface area contributed by atoms with Crippen LogP contribution in [0.25, 0.3) is 5.69 Å². The van der Waals surface area contributed by atoms with Gasteiger partial charge in [0.05, 0.1) is 17.4 Å². The third kappa shape index (κ3) is 6.48. The summed E-state index contributed by atoms with van der Waals surface area (Å²) in [7, 11) is 0. The second-order valence-corrected chi connectivity index (χ2v) is 11.1. The molecule has 2 aliphatic rings. The molecule has 2 atom stereocenters. The molecule has 4 aromatic rings. The summed E-state index contributed by atoms with van der Waals surface area (Å²) >= 11 is 0. The minimum Gasteiger partial charge on any atom is -0.368 e. The summed E-state index contributed by atoms with van der Waals surface area (Å²) in [6.45, 7) is 1.14. The maximum absolute atomic E-state index is 13.7. The molecule has 1 aromatic heterocycles. The smallest absolute Gasteiger partial charge is 0.368 e. The zero-order valence-electron chi connectivity index (χ0n) is 22.6. The SMILES string of the molecule is NCc1cccc(-n2nc(C(F)(F)F)cc2C(O)Nc2cc(C3CC3)cc(C(NCC3CC3)c3ccccc3)c2)c1. The molecule has 214 valence electrons. The van der Waals surface area contributed by atoms with Gasteiger partial charge >= 0.3 is 6.18 Å². The zero-order chi connectivity index (χ0) is 28.6. The largest absolute Gasteiger partial charge is 0.435 e. The van der Waals surface area contributed by atoms with Gasteiger partial charge < -0.3 is 21.5 Å². The first-order valence-corrected chi connectivity index (χ1v) is 14.1. The summed E-state index contributed by atoms with van der Waals surface area (Å²) in [4.78, 5) is 0. The Morgan fingerprint density at radius 2 is 1.71 bits per heavy atom. The topological polar surface area (TPSA) is 88.1 Å². The minimum absolute atomic E-state index is 0.0173. The number of rotatable bonds is 11. The Kier molecular flexibility index (Phi) is 7.59. The molecule has 2 unspecified atom stereocenters. The minimum atomic E-state index is -4.67. The van der Waals surface area contributed by atoms with E-state index in [-0.39, 0.29) is 18.3 Å². The van der Waals surface area contributed by atoms with Crippen LogP contribution in [0.3, 0.4) is 0 Å². The van der Waals surface area contributed by atoms with Crippen molar-refractivity contribution in [2.45, 2.75) is 56.6 Å². The number of alkyl halides is 3. The summed E-state index contributed by atoms with van der Waals surface area (Å²) < 4.78 is 42.3. The van der Waals surface area contributed by atoms with Gasteiger partial charge in [0.1, 0.15) is 0 Å². The number of hydrogen-bond donors (Lipinski definition) is 4. The van der Waals surface area contributed by atoms with Crippen LogP contribution < -0.4 is 16.4 Å². The van der Waals surface area contributed by atoms with Crippen LogP contribution in [0.5, 0.6) is 0 Å². The van der Waals surface area contributed by atoms with Crippen LogP contribution in [-0.4, -0.2) is 21.4 Å². The number of nitrogens with zero attached hydrogens (tertiary/aromatic N) is 2. The number of benzene rings is 3. The number of hydrogen-bond acceptors (Lipinski definition) is 5. The van der Waals surface area contributed by atoms with Gasteiger partial charge in [-0.2, -0.15) is 18.3 Å². The lowest BCUT2D eigenvalue weighted by Gasteiger charge is -2.23. The van der Waals surface area contributed by atoms with E-state index in [0.29, 0.717) is 23.2 Å². The van der Waals surface area contributed by atoms with E-state index in [2.05, 4.69) is 33.9 Å². The lowest BCUT2D eigenvalue weighted by Crippen LogP contribution is -2.25. The van der Waals surface area contributed by atoms with E-state index < -0.39 is 18.1 Å². The van der Waals surface area contributed by atoms with Gasteiger partial charge in [0.2, 0.25) is 0 Å². The fourth-order valence-electron chi connectivity index (χ4n) is 5.24. The van der Waals surface area contributed by atoms with Crippen LogP contribution >= 0.6 is 0 Å². The van der Waals surface area contributed by atoms with E-state index in [1.54, 1.807) is 24.3 Å². The Hall–Kier alpha value is -3.66. The van der Waals surface area contributed by atoms with E-state index in [0.717, 1.165) is 52.4 Å². The van der Waals surface area contributed by atoms with E-state index in [1.807, 2.05) is 30.3 Å². The van der Waals surface area contributed by atoms with Crippen LogP contribution in [0.1, 0.15) is 77.5 Å². The van der Waals surface area contributed by atoms with Gasteiger partial charge in [-0.05, 0) is 96.6 Å². The monoisotopic (exact) mass is 561 g/mol. The Morgan fingerprint density at radius 3 is 2.39 bits per heavy atom. The van der Waals surface area contributed by atoms with Crippen LogP contribution in [0.15, 0.2) is 78.9 Å². The van der Waals surface area contributed by atoms with Crippen LogP contribution in [-0.2, 0) is 12.7 Å². The molecular formula is C32H34F3N5O. The number of aliphatic hydroxyl groups excluding tert-OH is 1. The number of aromatic nitrogens is 2. The van der Waals surface area contributed by atoms with Crippen molar-refractivity contribution in [3.8, 4) is 5.69 Å². The van der Waals surface area contributed by atoms with Crippen molar-refractivity contribution in [3.63, 3.8) is 0 Å². The molecule has 41 heavy (non-hydrogen) atoms. The quantitative estimate of drug-likeness (QED) is 0.159. The normalized spacial score (nSPS) is 16.9. The molecule has 3 aromatic carbocycles. The van der Waals surface area contributed by atoms with Crippen molar-refractivity contribution in [2.24, 2.45) is 11.7 Å². The summed E-state index contributed by atoms with van der Waals surface area (Å²) in [6, 6.07) is 24.1. The summed E-state index contributed by atoms with van der Waals surface area (Å²) in [6.07, 6.45) is -1.46. The predicted octanol–water partition coefficient (Wildman–Crippen LogP) is 6.42. The molecule has 0 aliphatic heterocycles. The lowest BCUT2D eigenvalue weighted by atomic mass is 9.95. The highest BCUT2D eigenvalue weighted by molar-refractivity contribution is 5.54. The summed E-state index contributed by atoms with van der Waals surface area (Å²) in [5.74, 6) is 1.13. The maximum Gasteiger partial charge on any atom is 0.435 e. The van der Waals surface area contributed by atoms with Crippen molar-refractivity contribution in [3.05, 3.63) is 113 Å². The molecule has 0 bridgehead atoms. The molecule has 6 nitrogen and oxygen atoms in total. The highest BCUT2D eigenvalue weighted by atomic mass is 19.4. The average Bonchev–Trinajstić information content (AvgIpc) is 3.91. The fourth-order valence-corrected chi connectivity index (χ4v) is 5.24. The van der Waals surface area contributed by atoms with E-state index >= 15 is 0 Å². The molecular weight excluding hydrogens is 527 g/mol. The number of nitrogens with one attached hydrogen (secondary N) is 2. The van der Waals surface area contributed by atoms with Gasteiger partial charge in [0, 0.05) is 12.2 Å². The Balaban J connectivity index is 1.35. The Bertz CT molecular complexity index is 1490. The van der Waals surface area contributed by atoms with E-state index in [1.165, 1.54) is 12.8 Å². The van der Waals surface area contributed by atoms with Gasteiger partial charge in [-0.3, -0.25) is 0 Å². The molecule has 0 saturated heterocycles. The standard InChI is InChI=1S/C32H34F3N5O/c33-32(34,35)29-17-28(40(39-29)27-8-4-5-21(13-27)18-36)31(41)38-26-15-24(22-11-12-22)14-25(16-26)30(37-19-20-9-10-20)23-6-2-1-3-7-23/h1-8,13-17,20,22,30-31,37-38,41H,9-12,18-19,36H2. The maximum atomic E-state index is 13.7. The van der Waals surface area contributed by atoms with Gasteiger partial charge in [0.25, 0.3) is 0 Å². The fraction of sp³-hybridized carbons (Fsp3) is 0.344. The van der Waals surface area contributed by atoms with Crippen LogP contribution in [0.2, 0.25) is 0 Å². The Morgan fingerprint density at radius 1 is 0.927 bits per heavy atom. The second-order valence-electron chi connectivity index (χ2n) is 11.1. The number of nitrogens with two attached hydrogens (primary N) is 1. The molecule has 9 heteroatoms.